The van der Waals surface area contributed by atoms with Gasteiger partial charge in [0.2, 0.25) is 5.91 Å². The molecule has 0 saturated carbocycles. The molecule has 3 rings (SSSR count). The van der Waals surface area contributed by atoms with Crippen LogP contribution in [0.4, 0.5) is 5.69 Å². The maximum atomic E-state index is 11.9. The number of aromatic nitrogens is 2. The van der Waals surface area contributed by atoms with Crippen molar-refractivity contribution in [2.24, 2.45) is 13.0 Å². The van der Waals surface area contributed by atoms with Gasteiger partial charge in [-0.2, -0.15) is 10.2 Å². The second-order valence-corrected chi connectivity index (χ2v) is 6.45. The summed E-state index contributed by atoms with van der Waals surface area (Å²) < 4.78 is 1.32. The summed E-state index contributed by atoms with van der Waals surface area (Å²) in [6.45, 7) is 4.73. The van der Waals surface area contributed by atoms with Gasteiger partial charge in [-0.1, -0.05) is 0 Å². The highest BCUT2D eigenvalue weighted by atomic mass is 16.7. The minimum atomic E-state index is -0.103. The number of hydroxylamine groups is 2. The minimum Gasteiger partial charge on any atom is -0.370 e. The molecule has 1 atom stereocenters. The highest BCUT2D eigenvalue weighted by molar-refractivity contribution is 5.76. The Morgan fingerprint density at radius 1 is 1.46 bits per heavy atom. The Hall–Kier alpha value is -1.93. The Labute approximate surface area is 141 Å². The van der Waals surface area contributed by atoms with Crippen LogP contribution in [0, 0.1) is 5.92 Å². The smallest absolute Gasteiger partial charge is 0.268 e. The first kappa shape index (κ1) is 16.9. The third kappa shape index (κ3) is 4.33. The van der Waals surface area contributed by atoms with E-state index in [9.17, 15) is 9.59 Å². The van der Waals surface area contributed by atoms with E-state index >= 15 is 0 Å². The molecule has 2 saturated heterocycles. The number of carbonyl (C=O) groups excluding carboxylic acids is 1. The van der Waals surface area contributed by atoms with Crippen LogP contribution in [-0.2, 0) is 16.7 Å². The summed E-state index contributed by atoms with van der Waals surface area (Å²) in [6.07, 6.45) is 4.23. The van der Waals surface area contributed by atoms with E-state index in [4.69, 9.17) is 4.84 Å². The van der Waals surface area contributed by atoms with Gasteiger partial charge in [-0.25, -0.2) is 4.68 Å². The van der Waals surface area contributed by atoms with Gasteiger partial charge in [-0.05, 0) is 18.8 Å². The van der Waals surface area contributed by atoms with E-state index in [1.54, 1.807) is 19.3 Å². The Bertz CT molecular complexity index is 626. The summed E-state index contributed by atoms with van der Waals surface area (Å²) in [4.78, 5) is 31.1. The second kappa shape index (κ2) is 7.76. The molecule has 1 aromatic rings. The monoisotopic (exact) mass is 335 g/mol. The van der Waals surface area contributed by atoms with Crippen LogP contribution in [0.3, 0.4) is 0 Å². The van der Waals surface area contributed by atoms with Crippen molar-refractivity contribution in [1.29, 1.82) is 0 Å². The number of aryl methyl sites for hydroxylation is 1. The van der Waals surface area contributed by atoms with Crippen LogP contribution in [0.15, 0.2) is 17.1 Å². The molecular weight excluding hydrogens is 310 g/mol. The molecule has 3 heterocycles. The van der Waals surface area contributed by atoms with Gasteiger partial charge in [0, 0.05) is 52.3 Å². The molecule has 2 aliphatic rings. The molecule has 8 nitrogen and oxygen atoms in total. The molecule has 0 aromatic carbocycles. The maximum absolute atomic E-state index is 11.9. The van der Waals surface area contributed by atoms with Gasteiger partial charge >= 0.3 is 0 Å². The molecule has 8 heteroatoms. The van der Waals surface area contributed by atoms with Gasteiger partial charge in [0.05, 0.1) is 18.5 Å². The average molecular weight is 335 g/mol. The number of amides is 1. The van der Waals surface area contributed by atoms with Gasteiger partial charge in [0.25, 0.3) is 5.56 Å². The molecule has 0 radical (unpaired) electrons. The second-order valence-electron chi connectivity index (χ2n) is 6.45. The van der Waals surface area contributed by atoms with Gasteiger partial charge in [-0.3, -0.25) is 14.4 Å². The predicted octanol–water partition coefficient (Wildman–Crippen LogP) is -0.250. The number of hydrogen-bond acceptors (Lipinski definition) is 6. The minimum absolute atomic E-state index is 0.0687. The van der Waals surface area contributed by atoms with Gasteiger partial charge in [0.1, 0.15) is 0 Å². The van der Waals surface area contributed by atoms with Crippen molar-refractivity contribution >= 4 is 11.6 Å². The van der Waals surface area contributed by atoms with Crippen LogP contribution in [0.25, 0.3) is 0 Å². The SMILES string of the molecule is Cn1ncc(N2CC[C@@H](CNC(=O)CCN3CCCO3)C2)cc1=O. The number of anilines is 1. The van der Waals surface area contributed by atoms with Crippen LogP contribution in [0.2, 0.25) is 0 Å². The molecule has 2 fully saturated rings. The van der Waals surface area contributed by atoms with E-state index in [1.807, 2.05) is 5.06 Å². The van der Waals surface area contributed by atoms with Crippen LogP contribution < -0.4 is 15.8 Å². The molecule has 132 valence electrons. The molecule has 0 spiro atoms. The zero-order valence-electron chi connectivity index (χ0n) is 14.1. The highest BCUT2D eigenvalue weighted by Gasteiger charge is 2.24. The fourth-order valence-electron chi connectivity index (χ4n) is 3.11. The fraction of sp³-hybridized carbons (Fsp3) is 0.688. The lowest BCUT2D eigenvalue weighted by Crippen LogP contribution is -2.33. The standard InChI is InChI=1S/C16H25N5O3/c1-19-16(23)9-14(11-18-19)20-6-3-13(12-20)10-17-15(22)4-7-21-5-2-8-24-21/h9,11,13H,2-8,10,12H2,1H3,(H,17,22)/t13-/m0/s1. The number of nitrogens with zero attached hydrogens (tertiary/aromatic N) is 4. The average Bonchev–Trinajstić information content (AvgIpc) is 3.25. The quantitative estimate of drug-likeness (QED) is 0.772. The van der Waals surface area contributed by atoms with Crippen molar-refractivity contribution < 1.29 is 9.63 Å². The van der Waals surface area contributed by atoms with Crippen molar-refractivity contribution in [2.75, 3.05) is 44.2 Å². The highest BCUT2D eigenvalue weighted by Crippen LogP contribution is 2.21. The Kier molecular flexibility index (Phi) is 5.47. The molecule has 2 aliphatic heterocycles. The zero-order chi connectivity index (χ0) is 16.9. The first-order chi connectivity index (χ1) is 11.6. The van der Waals surface area contributed by atoms with Gasteiger partial charge in [-0.15, -0.1) is 0 Å². The van der Waals surface area contributed by atoms with E-state index in [1.165, 1.54) is 4.68 Å². The fourth-order valence-corrected chi connectivity index (χ4v) is 3.11. The number of rotatable bonds is 6. The lowest BCUT2D eigenvalue weighted by molar-refractivity contribution is -0.130. The Morgan fingerprint density at radius 2 is 2.33 bits per heavy atom. The van der Waals surface area contributed by atoms with Crippen LogP contribution in [0.1, 0.15) is 19.3 Å². The Balaban J connectivity index is 1.40. The van der Waals surface area contributed by atoms with E-state index in [0.29, 0.717) is 25.4 Å². The normalized spacial score (nSPS) is 21.4. The Morgan fingerprint density at radius 3 is 3.08 bits per heavy atom. The van der Waals surface area contributed by atoms with E-state index in [-0.39, 0.29) is 11.5 Å². The number of hydrogen-bond donors (Lipinski definition) is 1. The summed E-state index contributed by atoms with van der Waals surface area (Å²) in [6, 6.07) is 1.62. The predicted molar refractivity (Wildman–Crippen MR) is 89.6 cm³/mol. The molecule has 1 amide bonds. The third-order valence-electron chi connectivity index (χ3n) is 4.61. The molecule has 1 aromatic heterocycles. The van der Waals surface area contributed by atoms with E-state index in [2.05, 4.69) is 15.3 Å². The molecule has 0 aliphatic carbocycles. The molecular formula is C16H25N5O3. The summed E-state index contributed by atoms with van der Waals surface area (Å²) in [5, 5.41) is 8.93. The molecule has 0 bridgehead atoms. The first-order valence-corrected chi connectivity index (χ1v) is 8.54. The van der Waals surface area contributed by atoms with Crippen molar-refractivity contribution in [2.45, 2.75) is 19.3 Å². The first-order valence-electron chi connectivity index (χ1n) is 8.54. The molecule has 24 heavy (non-hydrogen) atoms. The molecule has 0 unspecified atom stereocenters. The van der Waals surface area contributed by atoms with Crippen molar-refractivity contribution in [3.63, 3.8) is 0 Å². The maximum Gasteiger partial charge on any atom is 0.268 e. The van der Waals surface area contributed by atoms with Crippen molar-refractivity contribution in [1.82, 2.24) is 20.2 Å². The summed E-state index contributed by atoms with van der Waals surface area (Å²) in [5.74, 6) is 0.472. The lowest BCUT2D eigenvalue weighted by Gasteiger charge is -2.18. The molecule has 1 N–H and O–H groups in total. The zero-order valence-corrected chi connectivity index (χ0v) is 14.1. The van der Waals surface area contributed by atoms with E-state index in [0.717, 1.165) is 44.8 Å². The summed E-state index contributed by atoms with van der Waals surface area (Å²) in [5.41, 5.74) is 0.756. The van der Waals surface area contributed by atoms with Crippen LogP contribution in [-0.4, -0.2) is 60.1 Å². The van der Waals surface area contributed by atoms with Crippen LogP contribution in [0.5, 0.6) is 0 Å². The largest absolute Gasteiger partial charge is 0.370 e. The lowest BCUT2D eigenvalue weighted by atomic mass is 10.1. The van der Waals surface area contributed by atoms with Crippen LogP contribution >= 0.6 is 0 Å². The van der Waals surface area contributed by atoms with Gasteiger partial charge < -0.3 is 10.2 Å². The van der Waals surface area contributed by atoms with Crippen molar-refractivity contribution in [3.8, 4) is 0 Å². The van der Waals surface area contributed by atoms with Crippen molar-refractivity contribution in [3.05, 3.63) is 22.6 Å². The number of nitrogens with one attached hydrogen (secondary N) is 1. The summed E-state index contributed by atoms with van der Waals surface area (Å²) in [7, 11) is 1.64. The topological polar surface area (TPSA) is 79.7 Å². The van der Waals surface area contributed by atoms with E-state index < -0.39 is 0 Å². The number of carbonyl (C=O) groups is 1. The third-order valence-corrected chi connectivity index (χ3v) is 4.61. The summed E-state index contributed by atoms with van der Waals surface area (Å²) >= 11 is 0. The van der Waals surface area contributed by atoms with Gasteiger partial charge in [0.15, 0.2) is 0 Å².